The highest BCUT2D eigenvalue weighted by atomic mass is 19.1. The van der Waals surface area contributed by atoms with Gasteiger partial charge in [0.05, 0.1) is 6.54 Å². The number of hydrogen-bond acceptors (Lipinski definition) is 4. The van der Waals surface area contributed by atoms with E-state index in [2.05, 4.69) is 0 Å². The minimum absolute atomic E-state index is 0.0489. The van der Waals surface area contributed by atoms with E-state index in [0.717, 1.165) is 12.8 Å². The van der Waals surface area contributed by atoms with Crippen molar-refractivity contribution >= 4 is 11.8 Å². The minimum atomic E-state index is -0.298. The fraction of sp³-hybridized carbons (Fsp3) is 0.579. The van der Waals surface area contributed by atoms with Crippen molar-refractivity contribution in [3.63, 3.8) is 0 Å². The molecule has 2 heterocycles. The number of piperazine rings is 1. The summed E-state index contributed by atoms with van der Waals surface area (Å²) in [6.07, 6.45) is 1.47. The fourth-order valence-electron chi connectivity index (χ4n) is 3.38. The van der Waals surface area contributed by atoms with Crippen molar-refractivity contribution in [2.75, 3.05) is 46.4 Å². The highest BCUT2D eigenvalue weighted by Gasteiger charge is 2.30. The molecule has 2 aliphatic heterocycles. The summed E-state index contributed by atoms with van der Waals surface area (Å²) < 4.78 is 19.2. The van der Waals surface area contributed by atoms with Gasteiger partial charge in [0.15, 0.2) is 0 Å². The van der Waals surface area contributed by atoms with Crippen molar-refractivity contribution in [3.8, 4) is 0 Å². The molecule has 0 spiro atoms. The van der Waals surface area contributed by atoms with Gasteiger partial charge < -0.3 is 14.5 Å². The third-order valence-corrected chi connectivity index (χ3v) is 5.04. The van der Waals surface area contributed by atoms with Gasteiger partial charge in [0.25, 0.3) is 5.91 Å². The Morgan fingerprint density at radius 3 is 2.62 bits per heavy atom. The molecule has 0 saturated carbocycles. The van der Waals surface area contributed by atoms with Gasteiger partial charge in [-0.25, -0.2) is 4.39 Å². The van der Waals surface area contributed by atoms with E-state index in [-0.39, 0.29) is 36.8 Å². The van der Waals surface area contributed by atoms with Crippen molar-refractivity contribution in [1.82, 2.24) is 14.7 Å². The van der Waals surface area contributed by atoms with Gasteiger partial charge in [-0.05, 0) is 18.9 Å². The SMILES string of the molecule is CN(Cc1ccccc1F)C(=O)CN1CCN(C(=O)C2CCCO2)CC1. The molecule has 2 fully saturated rings. The molecular weight excluding hydrogens is 337 g/mol. The molecule has 1 aromatic carbocycles. The number of nitrogens with zero attached hydrogens (tertiary/aromatic N) is 3. The van der Waals surface area contributed by atoms with Gasteiger partial charge in [0.1, 0.15) is 11.9 Å². The normalized spacial score (nSPS) is 21.0. The first kappa shape index (κ1) is 18.8. The largest absolute Gasteiger partial charge is 0.368 e. The maximum absolute atomic E-state index is 13.7. The lowest BCUT2D eigenvalue weighted by molar-refractivity contribution is -0.143. The molecule has 26 heavy (non-hydrogen) atoms. The maximum atomic E-state index is 13.7. The maximum Gasteiger partial charge on any atom is 0.251 e. The van der Waals surface area contributed by atoms with E-state index < -0.39 is 0 Å². The quantitative estimate of drug-likeness (QED) is 0.786. The zero-order valence-electron chi connectivity index (χ0n) is 15.2. The summed E-state index contributed by atoms with van der Waals surface area (Å²) in [5.74, 6) is -0.272. The molecule has 0 aromatic heterocycles. The van der Waals surface area contributed by atoms with Crippen LogP contribution in [-0.4, -0.2) is 79.0 Å². The van der Waals surface area contributed by atoms with Crippen LogP contribution in [0.4, 0.5) is 4.39 Å². The molecule has 7 heteroatoms. The number of rotatable bonds is 5. The van der Waals surface area contributed by atoms with Crippen LogP contribution in [-0.2, 0) is 20.9 Å². The molecular formula is C19H26FN3O3. The Hall–Kier alpha value is -1.99. The Kier molecular flexibility index (Phi) is 6.21. The van der Waals surface area contributed by atoms with Crippen LogP contribution in [0.15, 0.2) is 24.3 Å². The number of carbonyl (C=O) groups is 2. The summed E-state index contributed by atoms with van der Waals surface area (Å²) in [6, 6.07) is 6.49. The third-order valence-electron chi connectivity index (χ3n) is 5.04. The van der Waals surface area contributed by atoms with Crippen molar-refractivity contribution < 1.29 is 18.7 Å². The first-order chi connectivity index (χ1) is 12.5. The number of hydrogen-bond donors (Lipinski definition) is 0. The van der Waals surface area contributed by atoms with Crippen LogP contribution < -0.4 is 0 Å². The minimum Gasteiger partial charge on any atom is -0.368 e. The summed E-state index contributed by atoms with van der Waals surface area (Å²) in [7, 11) is 1.69. The molecule has 2 amide bonds. The van der Waals surface area contributed by atoms with Crippen LogP contribution in [0.25, 0.3) is 0 Å². The molecule has 142 valence electrons. The van der Waals surface area contributed by atoms with Gasteiger partial charge in [-0.2, -0.15) is 0 Å². The molecule has 0 N–H and O–H groups in total. The fourth-order valence-corrected chi connectivity index (χ4v) is 3.38. The smallest absolute Gasteiger partial charge is 0.251 e. The second-order valence-electron chi connectivity index (χ2n) is 6.94. The van der Waals surface area contributed by atoms with Crippen LogP contribution in [0.1, 0.15) is 18.4 Å². The predicted octanol–water partition coefficient (Wildman–Crippen LogP) is 1.11. The Morgan fingerprint density at radius 2 is 1.96 bits per heavy atom. The number of halogens is 1. The topological polar surface area (TPSA) is 53.1 Å². The summed E-state index contributed by atoms with van der Waals surface area (Å²) >= 11 is 0. The van der Waals surface area contributed by atoms with Gasteiger partial charge in [-0.1, -0.05) is 18.2 Å². The number of ether oxygens (including phenoxy) is 1. The highest BCUT2D eigenvalue weighted by molar-refractivity contribution is 5.81. The van der Waals surface area contributed by atoms with Gasteiger partial charge >= 0.3 is 0 Å². The van der Waals surface area contributed by atoms with Crippen molar-refractivity contribution in [2.24, 2.45) is 0 Å². The van der Waals surface area contributed by atoms with Gasteiger partial charge in [-0.3, -0.25) is 14.5 Å². The van der Waals surface area contributed by atoms with Crippen molar-refractivity contribution in [1.29, 1.82) is 0 Å². The Balaban J connectivity index is 1.44. The molecule has 1 atom stereocenters. The molecule has 0 bridgehead atoms. The Bertz CT molecular complexity index is 641. The van der Waals surface area contributed by atoms with Crippen molar-refractivity contribution in [3.05, 3.63) is 35.6 Å². The summed E-state index contributed by atoms with van der Waals surface area (Å²) in [4.78, 5) is 30.2. The zero-order chi connectivity index (χ0) is 18.5. The summed E-state index contributed by atoms with van der Waals surface area (Å²) in [6.45, 7) is 3.76. The van der Waals surface area contributed by atoms with Crippen LogP contribution in [0.2, 0.25) is 0 Å². The molecule has 0 radical (unpaired) electrons. The van der Waals surface area contributed by atoms with Crippen LogP contribution in [0.5, 0.6) is 0 Å². The number of likely N-dealkylation sites (N-methyl/N-ethyl adjacent to an activating group) is 1. The lowest BCUT2D eigenvalue weighted by atomic mass is 10.2. The van der Waals surface area contributed by atoms with E-state index in [1.54, 1.807) is 30.1 Å². The standard InChI is InChI=1S/C19H26FN3O3/c1-21(13-15-5-2-3-6-16(15)20)18(24)14-22-8-10-23(11-9-22)19(25)17-7-4-12-26-17/h2-3,5-6,17H,4,7-14H2,1H3. The van der Waals surface area contributed by atoms with E-state index in [0.29, 0.717) is 38.3 Å². The first-order valence-corrected chi connectivity index (χ1v) is 9.14. The van der Waals surface area contributed by atoms with Gasteiger partial charge in [0.2, 0.25) is 5.91 Å². The molecule has 0 aliphatic carbocycles. The monoisotopic (exact) mass is 363 g/mol. The summed E-state index contributed by atoms with van der Waals surface area (Å²) in [5.41, 5.74) is 0.510. The first-order valence-electron chi connectivity index (χ1n) is 9.14. The van der Waals surface area contributed by atoms with Gasteiger partial charge in [-0.15, -0.1) is 0 Å². The highest BCUT2D eigenvalue weighted by Crippen LogP contribution is 2.16. The average molecular weight is 363 g/mol. The molecule has 2 saturated heterocycles. The van der Waals surface area contributed by atoms with E-state index in [1.165, 1.54) is 6.07 Å². The number of carbonyl (C=O) groups excluding carboxylic acids is 2. The molecule has 1 aromatic rings. The molecule has 1 unspecified atom stereocenters. The van der Waals surface area contributed by atoms with Crippen molar-refractivity contribution in [2.45, 2.75) is 25.5 Å². The number of amides is 2. The Morgan fingerprint density at radius 1 is 1.23 bits per heavy atom. The van der Waals surface area contributed by atoms with E-state index in [9.17, 15) is 14.0 Å². The second kappa shape index (κ2) is 8.60. The lowest BCUT2D eigenvalue weighted by Crippen LogP contribution is -2.53. The molecule has 3 rings (SSSR count). The predicted molar refractivity (Wildman–Crippen MR) is 94.9 cm³/mol. The second-order valence-corrected chi connectivity index (χ2v) is 6.94. The van der Waals surface area contributed by atoms with E-state index in [1.807, 2.05) is 9.80 Å². The summed E-state index contributed by atoms with van der Waals surface area (Å²) in [5, 5.41) is 0. The molecule has 2 aliphatic rings. The zero-order valence-corrected chi connectivity index (χ0v) is 15.2. The molecule has 6 nitrogen and oxygen atoms in total. The number of benzene rings is 1. The average Bonchev–Trinajstić information content (AvgIpc) is 3.18. The van der Waals surface area contributed by atoms with E-state index in [4.69, 9.17) is 4.74 Å². The van der Waals surface area contributed by atoms with Crippen LogP contribution >= 0.6 is 0 Å². The third kappa shape index (κ3) is 4.59. The lowest BCUT2D eigenvalue weighted by Gasteiger charge is -2.36. The van der Waals surface area contributed by atoms with E-state index >= 15 is 0 Å². The Labute approximate surface area is 153 Å². The van der Waals surface area contributed by atoms with Gasteiger partial charge in [0, 0.05) is 51.9 Å². The van der Waals surface area contributed by atoms with Crippen LogP contribution in [0, 0.1) is 5.82 Å². The van der Waals surface area contributed by atoms with Crippen LogP contribution in [0.3, 0.4) is 0 Å².